The lowest BCUT2D eigenvalue weighted by molar-refractivity contribution is -0.139. The third-order valence-corrected chi connectivity index (χ3v) is 2.90. The first-order valence-electron chi connectivity index (χ1n) is 4.40. The van der Waals surface area contributed by atoms with Gasteiger partial charge in [0.25, 0.3) is 0 Å². The number of hydrogen-bond donors (Lipinski definition) is 1. The average molecular weight is 249 g/mol. The number of halogens is 1. The van der Waals surface area contributed by atoms with E-state index in [0.29, 0.717) is 18.6 Å². The molecule has 0 aromatic carbocycles. The van der Waals surface area contributed by atoms with E-state index in [0.717, 1.165) is 12.8 Å². The van der Waals surface area contributed by atoms with Gasteiger partial charge in [0.2, 0.25) is 0 Å². The molecule has 0 spiro atoms. The normalized spacial score (nSPS) is 23.1. The van der Waals surface area contributed by atoms with Crippen LogP contribution in [0.15, 0.2) is 11.3 Å². The molecule has 1 atom stereocenters. The standard InChI is InChI=1S/C9H13BrO3/c1-2-13-9(12)6-4-3-5-7(10)8(6)11/h7,11H,2-5H2,1H3/t7-/m0/s1. The molecule has 0 radical (unpaired) electrons. The molecule has 1 rings (SSSR count). The smallest absolute Gasteiger partial charge is 0.337 e. The Morgan fingerprint density at radius 3 is 3.08 bits per heavy atom. The lowest BCUT2D eigenvalue weighted by atomic mass is 9.98. The van der Waals surface area contributed by atoms with Gasteiger partial charge in [-0.3, -0.25) is 0 Å². The van der Waals surface area contributed by atoms with Gasteiger partial charge in [-0.15, -0.1) is 0 Å². The third-order valence-electron chi connectivity index (χ3n) is 2.01. The van der Waals surface area contributed by atoms with Gasteiger partial charge in [0.15, 0.2) is 0 Å². The van der Waals surface area contributed by atoms with E-state index < -0.39 is 0 Å². The highest BCUT2D eigenvalue weighted by molar-refractivity contribution is 9.09. The van der Waals surface area contributed by atoms with Crippen molar-refractivity contribution in [1.82, 2.24) is 0 Å². The first kappa shape index (κ1) is 10.6. The fourth-order valence-corrected chi connectivity index (χ4v) is 1.94. The predicted molar refractivity (Wildman–Crippen MR) is 52.9 cm³/mol. The van der Waals surface area contributed by atoms with Crippen LogP contribution in [-0.4, -0.2) is 22.5 Å². The Morgan fingerprint density at radius 2 is 2.46 bits per heavy atom. The Morgan fingerprint density at radius 1 is 1.77 bits per heavy atom. The second-order valence-electron chi connectivity index (χ2n) is 2.94. The van der Waals surface area contributed by atoms with Gasteiger partial charge in [0.1, 0.15) is 5.76 Å². The largest absolute Gasteiger partial charge is 0.511 e. The van der Waals surface area contributed by atoms with Crippen LogP contribution in [0.1, 0.15) is 26.2 Å². The van der Waals surface area contributed by atoms with E-state index in [1.165, 1.54) is 0 Å². The van der Waals surface area contributed by atoms with Gasteiger partial charge in [-0.2, -0.15) is 0 Å². The van der Waals surface area contributed by atoms with Gasteiger partial charge in [-0.1, -0.05) is 15.9 Å². The lowest BCUT2D eigenvalue weighted by Gasteiger charge is -2.19. The van der Waals surface area contributed by atoms with Crippen LogP contribution in [0.2, 0.25) is 0 Å². The van der Waals surface area contributed by atoms with Crippen LogP contribution in [-0.2, 0) is 9.53 Å². The molecule has 0 aromatic rings. The minimum Gasteiger partial charge on any atom is -0.511 e. The summed E-state index contributed by atoms with van der Waals surface area (Å²) >= 11 is 3.30. The molecule has 0 saturated carbocycles. The molecule has 0 fully saturated rings. The molecule has 0 heterocycles. The summed E-state index contributed by atoms with van der Waals surface area (Å²) in [5.74, 6) is -0.242. The molecule has 3 nitrogen and oxygen atoms in total. The predicted octanol–water partition coefficient (Wildman–Crippen LogP) is 2.31. The Kier molecular flexibility index (Phi) is 3.78. The number of alkyl halides is 1. The Hall–Kier alpha value is -0.510. The van der Waals surface area contributed by atoms with Gasteiger partial charge in [-0.25, -0.2) is 4.79 Å². The zero-order valence-corrected chi connectivity index (χ0v) is 9.13. The van der Waals surface area contributed by atoms with Crippen molar-refractivity contribution in [3.8, 4) is 0 Å². The van der Waals surface area contributed by atoms with E-state index in [-0.39, 0.29) is 16.6 Å². The summed E-state index contributed by atoms with van der Waals surface area (Å²) in [5.41, 5.74) is 0.426. The SMILES string of the molecule is CCOC(=O)C1=C(O)[C@@H](Br)CCC1. The molecular formula is C9H13BrO3. The van der Waals surface area contributed by atoms with E-state index in [2.05, 4.69) is 15.9 Å². The number of rotatable bonds is 2. The topological polar surface area (TPSA) is 46.5 Å². The van der Waals surface area contributed by atoms with E-state index in [1.807, 2.05) is 0 Å². The van der Waals surface area contributed by atoms with Crippen LogP contribution in [0.4, 0.5) is 0 Å². The number of carbonyl (C=O) groups excluding carboxylic acids is 1. The Labute approximate surface area is 85.9 Å². The molecule has 1 aliphatic rings. The number of ether oxygens (including phenoxy) is 1. The molecule has 13 heavy (non-hydrogen) atoms. The first-order valence-corrected chi connectivity index (χ1v) is 5.31. The van der Waals surface area contributed by atoms with Crippen LogP contribution in [0, 0.1) is 0 Å². The van der Waals surface area contributed by atoms with Gasteiger partial charge in [0, 0.05) is 0 Å². The summed E-state index contributed by atoms with van der Waals surface area (Å²) in [6, 6.07) is 0. The molecule has 0 unspecified atom stereocenters. The quantitative estimate of drug-likeness (QED) is 0.603. The minimum absolute atomic E-state index is 0.0827. The van der Waals surface area contributed by atoms with Crippen LogP contribution in [0.25, 0.3) is 0 Å². The average Bonchev–Trinajstić information content (AvgIpc) is 2.10. The van der Waals surface area contributed by atoms with Crippen LogP contribution < -0.4 is 0 Å². The van der Waals surface area contributed by atoms with Gasteiger partial charge < -0.3 is 9.84 Å². The van der Waals surface area contributed by atoms with Crippen molar-refractivity contribution in [2.75, 3.05) is 6.61 Å². The van der Waals surface area contributed by atoms with Crippen molar-refractivity contribution in [1.29, 1.82) is 0 Å². The van der Waals surface area contributed by atoms with Crippen molar-refractivity contribution in [2.24, 2.45) is 0 Å². The maximum atomic E-state index is 11.3. The van der Waals surface area contributed by atoms with Crippen molar-refractivity contribution >= 4 is 21.9 Å². The monoisotopic (exact) mass is 248 g/mol. The number of esters is 1. The highest BCUT2D eigenvalue weighted by Gasteiger charge is 2.25. The van der Waals surface area contributed by atoms with Gasteiger partial charge >= 0.3 is 5.97 Å². The Balaban J connectivity index is 2.76. The maximum Gasteiger partial charge on any atom is 0.337 e. The van der Waals surface area contributed by atoms with Crippen molar-refractivity contribution in [3.05, 3.63) is 11.3 Å². The lowest BCUT2D eigenvalue weighted by Crippen LogP contribution is -2.18. The number of carbonyl (C=O) groups is 1. The number of hydrogen-bond acceptors (Lipinski definition) is 3. The molecule has 74 valence electrons. The maximum absolute atomic E-state index is 11.3. The minimum atomic E-state index is -0.385. The molecule has 0 amide bonds. The summed E-state index contributed by atoms with van der Waals surface area (Å²) in [4.78, 5) is 11.2. The van der Waals surface area contributed by atoms with E-state index in [4.69, 9.17) is 4.74 Å². The molecule has 0 aromatic heterocycles. The molecule has 0 bridgehead atoms. The highest BCUT2D eigenvalue weighted by atomic mass is 79.9. The second kappa shape index (κ2) is 4.65. The van der Waals surface area contributed by atoms with Crippen LogP contribution >= 0.6 is 15.9 Å². The second-order valence-corrected chi connectivity index (χ2v) is 4.05. The fourth-order valence-electron chi connectivity index (χ4n) is 1.34. The third kappa shape index (κ3) is 2.46. The van der Waals surface area contributed by atoms with E-state index >= 15 is 0 Å². The molecular weight excluding hydrogens is 236 g/mol. The fraction of sp³-hybridized carbons (Fsp3) is 0.667. The summed E-state index contributed by atoms with van der Waals surface area (Å²) in [6.07, 6.45) is 2.40. The summed E-state index contributed by atoms with van der Waals surface area (Å²) in [6.45, 7) is 2.10. The number of allylic oxidation sites excluding steroid dienone is 1. The zero-order chi connectivity index (χ0) is 9.84. The zero-order valence-electron chi connectivity index (χ0n) is 7.55. The first-order chi connectivity index (χ1) is 6.16. The molecule has 4 heteroatoms. The van der Waals surface area contributed by atoms with Crippen molar-refractivity contribution < 1.29 is 14.6 Å². The molecule has 1 N–H and O–H groups in total. The van der Waals surface area contributed by atoms with Crippen molar-refractivity contribution in [2.45, 2.75) is 31.0 Å². The Bertz CT molecular complexity index is 235. The van der Waals surface area contributed by atoms with Crippen molar-refractivity contribution in [3.63, 3.8) is 0 Å². The van der Waals surface area contributed by atoms with E-state index in [1.54, 1.807) is 6.92 Å². The molecule has 0 saturated heterocycles. The van der Waals surface area contributed by atoms with E-state index in [9.17, 15) is 9.90 Å². The van der Waals surface area contributed by atoms with Crippen LogP contribution in [0.5, 0.6) is 0 Å². The van der Waals surface area contributed by atoms with Gasteiger partial charge in [-0.05, 0) is 26.2 Å². The van der Waals surface area contributed by atoms with Crippen LogP contribution in [0.3, 0.4) is 0 Å². The summed E-state index contributed by atoms with van der Waals surface area (Å²) in [7, 11) is 0. The highest BCUT2D eigenvalue weighted by Crippen LogP contribution is 2.28. The van der Waals surface area contributed by atoms with Gasteiger partial charge in [0.05, 0.1) is 17.0 Å². The summed E-state index contributed by atoms with van der Waals surface area (Å²) in [5, 5.41) is 9.57. The summed E-state index contributed by atoms with van der Waals surface area (Å²) < 4.78 is 4.82. The molecule has 0 aliphatic heterocycles. The number of aliphatic hydroxyl groups excluding tert-OH is 1. The number of aliphatic hydroxyl groups is 1. The molecule has 1 aliphatic carbocycles.